The van der Waals surface area contributed by atoms with Gasteiger partial charge in [-0.15, -0.1) is 0 Å². The third kappa shape index (κ3) is 3.31. The van der Waals surface area contributed by atoms with Crippen LogP contribution in [0, 0.1) is 5.82 Å². The summed E-state index contributed by atoms with van der Waals surface area (Å²) in [5, 5.41) is 12.7. The fourth-order valence-corrected chi connectivity index (χ4v) is 2.90. The van der Waals surface area contributed by atoms with E-state index in [1.807, 2.05) is 4.90 Å². The van der Waals surface area contributed by atoms with Gasteiger partial charge in [-0.05, 0) is 40.5 Å². The highest BCUT2D eigenvalue weighted by molar-refractivity contribution is 9.10. The van der Waals surface area contributed by atoms with E-state index in [2.05, 4.69) is 31.2 Å². The Bertz CT molecular complexity index is 703. The van der Waals surface area contributed by atoms with Crippen LogP contribution in [0.5, 0.6) is 0 Å². The number of halogens is 3. The van der Waals surface area contributed by atoms with Crippen LogP contribution in [0.4, 0.5) is 21.8 Å². The number of benzene rings is 1. The molecule has 1 unspecified atom stereocenters. The lowest BCUT2D eigenvalue weighted by atomic mass is 10.3. The Morgan fingerprint density at radius 2 is 2.27 bits per heavy atom. The Kier molecular flexibility index (Phi) is 4.46. The predicted octanol–water partition coefficient (Wildman–Crippen LogP) is 3.35. The first-order chi connectivity index (χ1) is 10.5. The van der Waals surface area contributed by atoms with Crippen molar-refractivity contribution in [1.29, 1.82) is 0 Å². The summed E-state index contributed by atoms with van der Waals surface area (Å²) in [7, 11) is 0. The first kappa shape index (κ1) is 15.5. The molecule has 1 aliphatic rings. The summed E-state index contributed by atoms with van der Waals surface area (Å²) >= 11 is 9.18. The van der Waals surface area contributed by atoms with E-state index in [-0.39, 0.29) is 11.1 Å². The van der Waals surface area contributed by atoms with Gasteiger partial charge < -0.3 is 15.3 Å². The van der Waals surface area contributed by atoms with Gasteiger partial charge in [-0.2, -0.15) is 4.98 Å². The number of aromatic nitrogens is 2. The summed E-state index contributed by atoms with van der Waals surface area (Å²) < 4.78 is 13.9. The third-order valence-corrected chi connectivity index (χ3v) is 4.21. The minimum Gasteiger partial charge on any atom is -0.391 e. The van der Waals surface area contributed by atoms with Crippen LogP contribution in [0.2, 0.25) is 5.02 Å². The molecule has 2 aromatic rings. The molecule has 116 valence electrons. The number of hydrogen-bond acceptors (Lipinski definition) is 5. The zero-order chi connectivity index (χ0) is 15.7. The fourth-order valence-electron chi connectivity index (χ4n) is 2.28. The smallest absolute Gasteiger partial charge is 0.229 e. The molecule has 8 heteroatoms. The molecule has 3 rings (SSSR count). The van der Waals surface area contributed by atoms with Gasteiger partial charge in [0, 0.05) is 25.0 Å². The van der Waals surface area contributed by atoms with E-state index in [9.17, 15) is 9.50 Å². The third-order valence-electron chi connectivity index (χ3n) is 3.36. The highest BCUT2D eigenvalue weighted by Crippen LogP contribution is 2.28. The average molecular weight is 388 g/mol. The lowest BCUT2D eigenvalue weighted by Gasteiger charge is -2.18. The van der Waals surface area contributed by atoms with E-state index < -0.39 is 5.82 Å². The normalized spacial score (nSPS) is 17.8. The number of rotatable bonds is 3. The zero-order valence-corrected chi connectivity index (χ0v) is 13.8. The van der Waals surface area contributed by atoms with Gasteiger partial charge in [-0.1, -0.05) is 11.6 Å². The quantitative estimate of drug-likeness (QED) is 0.846. The van der Waals surface area contributed by atoms with E-state index in [1.54, 1.807) is 12.3 Å². The van der Waals surface area contributed by atoms with Crippen molar-refractivity contribution in [2.45, 2.75) is 12.5 Å². The standard InChI is InChI=1S/C14H13BrClFN4O/c15-10-6-18-14(19-8-1-2-12(17)11(16)5-8)20-13(10)21-4-3-9(22)7-21/h1-2,5-6,9,22H,3-4,7H2,(H,18,19,20). The maximum Gasteiger partial charge on any atom is 0.229 e. The monoisotopic (exact) mass is 386 g/mol. The summed E-state index contributed by atoms with van der Waals surface area (Å²) in [4.78, 5) is 10.6. The fraction of sp³-hybridized carbons (Fsp3) is 0.286. The van der Waals surface area contributed by atoms with E-state index in [1.165, 1.54) is 12.1 Å². The van der Waals surface area contributed by atoms with Gasteiger partial charge in [0.15, 0.2) is 0 Å². The van der Waals surface area contributed by atoms with Crippen LogP contribution in [-0.2, 0) is 0 Å². The van der Waals surface area contributed by atoms with Gasteiger partial charge in [0.2, 0.25) is 5.95 Å². The Balaban J connectivity index is 1.84. The van der Waals surface area contributed by atoms with Crippen molar-refractivity contribution in [2.75, 3.05) is 23.3 Å². The number of aliphatic hydroxyl groups is 1. The molecule has 1 atom stereocenters. The second-order valence-electron chi connectivity index (χ2n) is 5.01. The van der Waals surface area contributed by atoms with Crippen LogP contribution >= 0.6 is 27.5 Å². The molecule has 0 bridgehead atoms. The van der Waals surface area contributed by atoms with Gasteiger partial charge in [0.05, 0.1) is 15.6 Å². The molecular formula is C14H13BrClFN4O. The van der Waals surface area contributed by atoms with Crippen molar-refractivity contribution in [3.05, 3.63) is 39.7 Å². The van der Waals surface area contributed by atoms with Gasteiger partial charge in [0.1, 0.15) is 11.6 Å². The van der Waals surface area contributed by atoms with E-state index in [4.69, 9.17) is 11.6 Å². The maximum absolute atomic E-state index is 13.2. The second-order valence-corrected chi connectivity index (χ2v) is 6.27. The van der Waals surface area contributed by atoms with Crippen LogP contribution in [-0.4, -0.2) is 34.3 Å². The van der Waals surface area contributed by atoms with Crippen molar-refractivity contribution in [1.82, 2.24) is 9.97 Å². The molecule has 0 aliphatic carbocycles. The van der Waals surface area contributed by atoms with Crippen LogP contribution in [0.1, 0.15) is 6.42 Å². The number of aliphatic hydroxyl groups excluding tert-OH is 1. The van der Waals surface area contributed by atoms with Gasteiger partial charge in [-0.3, -0.25) is 0 Å². The minimum absolute atomic E-state index is 0.0324. The Morgan fingerprint density at radius 1 is 1.45 bits per heavy atom. The molecule has 1 aromatic carbocycles. The lowest BCUT2D eigenvalue weighted by molar-refractivity contribution is 0.198. The Hall–Kier alpha value is -1.44. The molecule has 1 fully saturated rings. The van der Waals surface area contributed by atoms with Crippen LogP contribution in [0.15, 0.2) is 28.9 Å². The van der Waals surface area contributed by atoms with E-state index in [0.717, 1.165) is 11.0 Å². The van der Waals surface area contributed by atoms with Crippen LogP contribution in [0.25, 0.3) is 0 Å². The molecule has 0 saturated carbocycles. The number of hydrogen-bond donors (Lipinski definition) is 2. The summed E-state index contributed by atoms with van der Waals surface area (Å²) in [6.07, 6.45) is 2.02. The molecular weight excluding hydrogens is 375 g/mol. The molecule has 5 nitrogen and oxygen atoms in total. The summed E-state index contributed by atoms with van der Waals surface area (Å²) in [6, 6.07) is 4.31. The van der Waals surface area contributed by atoms with Gasteiger partial charge in [0.25, 0.3) is 0 Å². The molecule has 1 aliphatic heterocycles. The topological polar surface area (TPSA) is 61.3 Å². The molecule has 0 radical (unpaired) electrons. The molecule has 22 heavy (non-hydrogen) atoms. The maximum atomic E-state index is 13.2. The van der Waals surface area contributed by atoms with Crippen LogP contribution in [0.3, 0.4) is 0 Å². The van der Waals surface area contributed by atoms with Gasteiger partial charge >= 0.3 is 0 Å². The number of nitrogens with one attached hydrogen (secondary N) is 1. The Morgan fingerprint density at radius 3 is 2.95 bits per heavy atom. The zero-order valence-electron chi connectivity index (χ0n) is 11.4. The largest absolute Gasteiger partial charge is 0.391 e. The SMILES string of the molecule is OC1CCN(c2nc(Nc3ccc(F)c(Cl)c3)ncc2Br)C1. The number of anilines is 3. The van der Waals surface area contributed by atoms with Crippen molar-refractivity contribution in [2.24, 2.45) is 0 Å². The van der Waals surface area contributed by atoms with Crippen molar-refractivity contribution < 1.29 is 9.50 Å². The van der Waals surface area contributed by atoms with Crippen molar-refractivity contribution in [3.8, 4) is 0 Å². The van der Waals surface area contributed by atoms with E-state index >= 15 is 0 Å². The number of β-amino-alcohol motifs (C(OH)–C–C–N with tert-alkyl or cyclic N) is 1. The molecule has 2 N–H and O–H groups in total. The summed E-state index contributed by atoms with van der Waals surface area (Å²) in [5.41, 5.74) is 0.598. The molecule has 0 spiro atoms. The highest BCUT2D eigenvalue weighted by atomic mass is 79.9. The molecule has 1 aromatic heterocycles. The second kappa shape index (κ2) is 6.36. The van der Waals surface area contributed by atoms with Gasteiger partial charge in [-0.25, -0.2) is 9.37 Å². The van der Waals surface area contributed by atoms with Crippen LogP contribution < -0.4 is 10.2 Å². The molecule has 1 saturated heterocycles. The summed E-state index contributed by atoms with van der Waals surface area (Å²) in [5.74, 6) is 0.611. The predicted molar refractivity (Wildman–Crippen MR) is 87.3 cm³/mol. The number of nitrogens with zero attached hydrogens (tertiary/aromatic N) is 3. The first-order valence-corrected chi connectivity index (χ1v) is 7.87. The van der Waals surface area contributed by atoms with Crippen molar-refractivity contribution in [3.63, 3.8) is 0 Å². The Labute approximate surface area is 140 Å². The summed E-state index contributed by atoms with van der Waals surface area (Å²) in [6.45, 7) is 1.27. The molecule has 2 heterocycles. The lowest BCUT2D eigenvalue weighted by Crippen LogP contribution is -2.23. The minimum atomic E-state index is -0.476. The highest BCUT2D eigenvalue weighted by Gasteiger charge is 2.23. The molecule has 0 amide bonds. The average Bonchev–Trinajstić information content (AvgIpc) is 2.91. The van der Waals surface area contributed by atoms with Crippen molar-refractivity contribution >= 4 is 45.0 Å². The first-order valence-electron chi connectivity index (χ1n) is 6.70. The van der Waals surface area contributed by atoms with E-state index in [0.29, 0.717) is 30.4 Å².